The number of amides is 2. The third kappa shape index (κ3) is 3.61. The topological polar surface area (TPSA) is 107 Å². The average molecular weight is 405 g/mol. The van der Waals surface area contributed by atoms with Gasteiger partial charge in [-0.05, 0) is 12.3 Å². The van der Waals surface area contributed by atoms with E-state index in [0.29, 0.717) is 23.2 Å². The van der Waals surface area contributed by atoms with Crippen molar-refractivity contribution < 1.29 is 24.6 Å². The van der Waals surface area contributed by atoms with Crippen molar-refractivity contribution in [3.05, 3.63) is 22.1 Å². The van der Waals surface area contributed by atoms with Crippen LogP contribution in [0.3, 0.4) is 0 Å². The molecule has 1 fully saturated rings. The summed E-state index contributed by atoms with van der Waals surface area (Å²) in [6.07, 6.45) is 0.887. The minimum Gasteiger partial charge on any atom is -0.477 e. The summed E-state index contributed by atoms with van der Waals surface area (Å²) in [4.78, 5) is 36.7. The fourth-order valence-electron chi connectivity index (χ4n) is 2.74. The molecule has 3 N–H and O–H groups in total. The number of aliphatic hydroxyl groups is 1. The molecule has 2 aliphatic heterocycles. The number of fused-ring (bicyclic) bond motifs is 1. The van der Waals surface area contributed by atoms with Gasteiger partial charge in [0.2, 0.25) is 11.8 Å². The molecule has 3 atom stereocenters. The van der Waals surface area contributed by atoms with Crippen LogP contribution in [0, 0.1) is 5.92 Å². The van der Waals surface area contributed by atoms with Gasteiger partial charge in [-0.2, -0.15) is 0 Å². The van der Waals surface area contributed by atoms with Crippen molar-refractivity contribution in [2.45, 2.75) is 25.5 Å². The molecular weight excluding hydrogens is 388 g/mol. The number of β-lactam (4-membered cyclic amide) rings is 1. The number of nitrogens with one attached hydrogen (secondary N) is 1. The Balaban J connectivity index is 2.06. The van der Waals surface area contributed by atoms with Gasteiger partial charge in [0.15, 0.2) is 0 Å². The Bertz CT molecular complexity index is 590. The lowest BCUT2D eigenvalue weighted by Crippen LogP contribution is -2.61. The molecule has 2 heterocycles. The molecule has 0 radical (unpaired) electrons. The molecule has 3 unspecified atom stereocenters. The van der Waals surface area contributed by atoms with Gasteiger partial charge in [-0.1, -0.05) is 27.7 Å². The minimum absolute atomic E-state index is 0.0487. The number of rotatable bonds is 7. The van der Waals surface area contributed by atoms with Crippen molar-refractivity contribution in [2.24, 2.45) is 5.92 Å². The highest BCUT2D eigenvalue weighted by Gasteiger charge is 2.56. The zero-order valence-electron chi connectivity index (χ0n) is 12.4. The summed E-state index contributed by atoms with van der Waals surface area (Å²) in [5.74, 6) is -2.37. The molecule has 0 spiro atoms. The van der Waals surface area contributed by atoms with Gasteiger partial charge in [-0.3, -0.25) is 9.59 Å². The normalized spacial score (nSPS) is 24.7. The van der Waals surface area contributed by atoms with E-state index in [1.807, 2.05) is 0 Å². The summed E-state index contributed by atoms with van der Waals surface area (Å²) in [6.45, 7) is 2.02. The van der Waals surface area contributed by atoms with Crippen LogP contribution in [0.1, 0.15) is 13.3 Å². The van der Waals surface area contributed by atoms with Crippen LogP contribution in [0.2, 0.25) is 0 Å². The van der Waals surface area contributed by atoms with Crippen molar-refractivity contribution in [1.82, 2.24) is 10.2 Å². The van der Waals surface area contributed by atoms with Crippen LogP contribution in [0.4, 0.5) is 0 Å². The molecule has 9 heteroatoms. The smallest absolute Gasteiger partial charge is 0.353 e. The number of halogens is 1. The summed E-state index contributed by atoms with van der Waals surface area (Å²) in [7, 11) is 0. The van der Waals surface area contributed by atoms with Gasteiger partial charge in [0.1, 0.15) is 5.70 Å². The molecule has 0 aromatic carbocycles. The van der Waals surface area contributed by atoms with Gasteiger partial charge in [-0.15, -0.1) is 0 Å². The van der Waals surface area contributed by atoms with E-state index < -0.39 is 18.0 Å². The van der Waals surface area contributed by atoms with Gasteiger partial charge >= 0.3 is 5.97 Å². The first-order valence-corrected chi connectivity index (χ1v) is 9.03. The number of hydrogen-bond donors (Lipinski definition) is 3. The average Bonchev–Trinajstić information content (AvgIpc) is 2.79. The molecular formula is C14H17BrN2O5S. The molecule has 0 saturated carbocycles. The molecule has 0 aliphatic carbocycles. The molecule has 2 amide bonds. The third-order valence-corrected chi connectivity index (χ3v) is 5.03. The summed E-state index contributed by atoms with van der Waals surface area (Å²) in [6, 6.07) is -0.313. The first-order chi connectivity index (χ1) is 10.9. The zero-order chi connectivity index (χ0) is 17.1. The third-order valence-electron chi connectivity index (χ3n) is 3.71. The van der Waals surface area contributed by atoms with Crippen LogP contribution < -0.4 is 5.32 Å². The second-order valence-corrected chi connectivity index (χ2v) is 7.02. The number of hydrogen-bond acceptors (Lipinski definition) is 5. The van der Waals surface area contributed by atoms with Gasteiger partial charge in [-0.25, -0.2) is 4.79 Å². The Kier molecular flexibility index (Phi) is 5.88. The molecule has 2 rings (SSSR count). The fourth-order valence-corrected chi connectivity index (χ4v) is 3.86. The van der Waals surface area contributed by atoms with Crippen molar-refractivity contribution in [1.29, 1.82) is 0 Å². The SMILES string of the molecule is CC(O)C1C(=O)N2C(C(=O)O)=C(S/C=C/C(=O)NCCBr)CC12. The number of alkyl halides is 1. The van der Waals surface area contributed by atoms with Crippen LogP contribution in [-0.2, 0) is 14.4 Å². The number of nitrogens with zero attached hydrogens (tertiary/aromatic N) is 1. The van der Waals surface area contributed by atoms with Gasteiger partial charge in [0.05, 0.1) is 18.1 Å². The van der Waals surface area contributed by atoms with Crippen molar-refractivity contribution in [3.8, 4) is 0 Å². The zero-order valence-corrected chi connectivity index (χ0v) is 14.8. The summed E-state index contributed by atoms with van der Waals surface area (Å²) < 4.78 is 0. The highest BCUT2D eigenvalue weighted by molar-refractivity contribution is 9.09. The maximum Gasteiger partial charge on any atom is 0.353 e. The van der Waals surface area contributed by atoms with Crippen LogP contribution in [0.5, 0.6) is 0 Å². The maximum absolute atomic E-state index is 12.0. The number of carbonyl (C=O) groups excluding carboxylic acids is 2. The summed E-state index contributed by atoms with van der Waals surface area (Å²) >= 11 is 4.31. The largest absolute Gasteiger partial charge is 0.477 e. The van der Waals surface area contributed by atoms with E-state index in [-0.39, 0.29) is 23.6 Å². The minimum atomic E-state index is -1.18. The van der Waals surface area contributed by atoms with Crippen LogP contribution in [0.15, 0.2) is 22.1 Å². The highest BCUT2D eigenvalue weighted by atomic mass is 79.9. The first kappa shape index (κ1) is 18.0. The first-order valence-electron chi connectivity index (χ1n) is 7.03. The molecule has 1 saturated heterocycles. The number of carbonyl (C=O) groups is 3. The van der Waals surface area contributed by atoms with Crippen LogP contribution in [0.25, 0.3) is 0 Å². The van der Waals surface area contributed by atoms with Crippen LogP contribution in [-0.4, -0.2) is 56.9 Å². The quantitative estimate of drug-likeness (QED) is 0.326. The van der Waals surface area contributed by atoms with Crippen LogP contribution >= 0.6 is 27.7 Å². The second kappa shape index (κ2) is 7.50. The van der Waals surface area contributed by atoms with Gasteiger partial charge in [0.25, 0.3) is 0 Å². The van der Waals surface area contributed by atoms with Crippen molar-refractivity contribution in [2.75, 3.05) is 11.9 Å². The van der Waals surface area contributed by atoms with Gasteiger partial charge < -0.3 is 20.4 Å². The number of thioether (sulfide) groups is 1. The molecule has 126 valence electrons. The molecule has 0 bridgehead atoms. The molecule has 7 nitrogen and oxygen atoms in total. The number of carboxylic acids is 1. The lowest BCUT2D eigenvalue weighted by molar-refractivity contribution is -0.161. The molecule has 2 aliphatic rings. The predicted octanol–water partition coefficient (Wildman–Crippen LogP) is 0.652. The Morgan fingerprint density at radius 1 is 1.57 bits per heavy atom. The van der Waals surface area contributed by atoms with E-state index in [0.717, 1.165) is 11.8 Å². The maximum atomic E-state index is 12.0. The predicted molar refractivity (Wildman–Crippen MR) is 88.6 cm³/mol. The summed E-state index contributed by atoms with van der Waals surface area (Å²) in [5, 5.41) is 23.8. The van der Waals surface area contributed by atoms with Gasteiger partial charge in [0, 0.05) is 29.3 Å². The Morgan fingerprint density at radius 3 is 2.83 bits per heavy atom. The number of carboxylic acid groups (broad SMARTS) is 1. The Labute approximate surface area is 145 Å². The van der Waals surface area contributed by atoms with Crippen molar-refractivity contribution >= 4 is 45.5 Å². The fraction of sp³-hybridized carbons (Fsp3) is 0.500. The molecule has 0 aromatic heterocycles. The monoisotopic (exact) mass is 404 g/mol. The number of aliphatic carboxylic acids is 1. The van der Waals surface area contributed by atoms with E-state index in [2.05, 4.69) is 21.2 Å². The van der Waals surface area contributed by atoms with E-state index in [1.54, 1.807) is 0 Å². The van der Waals surface area contributed by atoms with E-state index in [4.69, 9.17) is 0 Å². The Morgan fingerprint density at radius 2 is 2.26 bits per heavy atom. The van der Waals surface area contributed by atoms with Crippen molar-refractivity contribution in [3.63, 3.8) is 0 Å². The summed E-state index contributed by atoms with van der Waals surface area (Å²) in [5.41, 5.74) is -0.0487. The lowest BCUT2D eigenvalue weighted by Gasteiger charge is -2.44. The lowest BCUT2D eigenvalue weighted by atomic mass is 9.83. The van der Waals surface area contributed by atoms with E-state index in [1.165, 1.54) is 23.3 Å². The number of aliphatic hydroxyl groups excluding tert-OH is 1. The molecule has 0 aromatic rings. The standard InChI is InChI=1S/C14H17BrN2O5S/c1-7(18)11-8-6-9(12(14(21)22)17(8)13(11)20)23-5-2-10(19)16-4-3-15/h2,5,7-8,11,18H,3-4,6H2,1H3,(H,16,19)(H,21,22)/b5-2+. The second-order valence-electron chi connectivity index (χ2n) is 5.22. The van der Waals surface area contributed by atoms with E-state index in [9.17, 15) is 24.6 Å². The molecule has 23 heavy (non-hydrogen) atoms. The highest BCUT2D eigenvalue weighted by Crippen LogP contribution is 2.47. The van der Waals surface area contributed by atoms with E-state index >= 15 is 0 Å². The Hall–Kier alpha value is -1.32.